The first-order chi connectivity index (χ1) is 11.1. The topological polar surface area (TPSA) is 47.6 Å². The van der Waals surface area contributed by atoms with Crippen molar-refractivity contribution in [2.45, 2.75) is 6.92 Å². The molecule has 0 spiro atoms. The van der Waals surface area contributed by atoms with Crippen LogP contribution in [0.15, 0.2) is 55.1 Å². The molecule has 1 amide bonds. The summed E-state index contributed by atoms with van der Waals surface area (Å²) in [5.74, 6) is 0.966. The molecular weight excluding hydrogens is 314 g/mol. The molecule has 0 aliphatic rings. The van der Waals surface area contributed by atoms with Crippen molar-refractivity contribution in [3.8, 4) is 11.5 Å². The number of nitrogens with one attached hydrogen (secondary N) is 1. The third-order valence-electron chi connectivity index (χ3n) is 2.95. The SMILES string of the molecule is C=CCOc1cccc(NC(=O)c2ccc(OCC)c(Cl)c2)c1. The summed E-state index contributed by atoms with van der Waals surface area (Å²) in [5, 5.41) is 3.21. The Balaban J connectivity index is 2.09. The van der Waals surface area contributed by atoms with Gasteiger partial charge in [-0.25, -0.2) is 0 Å². The van der Waals surface area contributed by atoms with Crippen LogP contribution in [-0.2, 0) is 0 Å². The van der Waals surface area contributed by atoms with E-state index in [1.54, 1.807) is 42.5 Å². The normalized spacial score (nSPS) is 10.0. The molecule has 23 heavy (non-hydrogen) atoms. The van der Waals surface area contributed by atoms with Crippen LogP contribution in [0.4, 0.5) is 5.69 Å². The molecule has 2 aromatic carbocycles. The molecule has 0 aliphatic heterocycles. The molecule has 0 aliphatic carbocycles. The summed E-state index contributed by atoms with van der Waals surface area (Å²) in [7, 11) is 0. The second kappa shape index (κ2) is 8.25. The van der Waals surface area contributed by atoms with Crippen LogP contribution in [0.2, 0.25) is 5.02 Å². The van der Waals surface area contributed by atoms with Crippen LogP contribution < -0.4 is 14.8 Å². The van der Waals surface area contributed by atoms with Crippen molar-refractivity contribution in [1.82, 2.24) is 0 Å². The zero-order valence-electron chi connectivity index (χ0n) is 12.8. The molecule has 1 N–H and O–H groups in total. The minimum absolute atomic E-state index is 0.254. The van der Waals surface area contributed by atoms with Gasteiger partial charge in [-0.2, -0.15) is 0 Å². The minimum atomic E-state index is -0.254. The third kappa shape index (κ3) is 4.76. The van der Waals surface area contributed by atoms with Crippen molar-refractivity contribution in [2.24, 2.45) is 0 Å². The minimum Gasteiger partial charge on any atom is -0.492 e. The van der Waals surface area contributed by atoms with Crippen LogP contribution >= 0.6 is 11.6 Å². The van der Waals surface area contributed by atoms with Gasteiger partial charge in [-0.3, -0.25) is 4.79 Å². The van der Waals surface area contributed by atoms with Gasteiger partial charge in [0.2, 0.25) is 0 Å². The van der Waals surface area contributed by atoms with Crippen molar-refractivity contribution in [1.29, 1.82) is 0 Å². The Kier molecular flexibility index (Phi) is 6.06. The van der Waals surface area contributed by atoms with E-state index in [9.17, 15) is 4.79 Å². The highest BCUT2D eigenvalue weighted by atomic mass is 35.5. The molecule has 0 saturated carbocycles. The molecule has 0 saturated heterocycles. The van der Waals surface area contributed by atoms with Crippen molar-refractivity contribution < 1.29 is 14.3 Å². The lowest BCUT2D eigenvalue weighted by atomic mass is 10.2. The Morgan fingerprint density at radius 3 is 2.78 bits per heavy atom. The smallest absolute Gasteiger partial charge is 0.255 e. The number of hydrogen-bond acceptors (Lipinski definition) is 3. The summed E-state index contributed by atoms with van der Waals surface area (Å²) in [6.45, 7) is 6.40. The molecule has 0 bridgehead atoms. The first kappa shape index (κ1) is 16.9. The monoisotopic (exact) mass is 331 g/mol. The van der Waals surface area contributed by atoms with Crippen molar-refractivity contribution in [2.75, 3.05) is 18.5 Å². The van der Waals surface area contributed by atoms with Gasteiger partial charge < -0.3 is 14.8 Å². The largest absolute Gasteiger partial charge is 0.492 e. The van der Waals surface area contributed by atoms with Crippen molar-refractivity contribution >= 4 is 23.2 Å². The van der Waals surface area contributed by atoms with Gasteiger partial charge in [-0.1, -0.05) is 30.3 Å². The Bertz CT molecular complexity index is 700. The van der Waals surface area contributed by atoms with Crippen molar-refractivity contribution in [3.05, 3.63) is 65.7 Å². The Labute approximate surface area is 140 Å². The maximum absolute atomic E-state index is 12.3. The van der Waals surface area contributed by atoms with Crippen LogP contribution in [-0.4, -0.2) is 19.1 Å². The van der Waals surface area contributed by atoms with E-state index >= 15 is 0 Å². The molecule has 2 rings (SSSR count). The van der Waals surface area contributed by atoms with Gasteiger partial charge >= 0.3 is 0 Å². The van der Waals surface area contributed by atoms with Crippen LogP contribution in [0, 0.1) is 0 Å². The van der Waals surface area contributed by atoms with E-state index in [1.165, 1.54) is 0 Å². The van der Waals surface area contributed by atoms with Crippen molar-refractivity contribution in [3.63, 3.8) is 0 Å². The van der Waals surface area contributed by atoms with E-state index in [1.807, 2.05) is 13.0 Å². The highest BCUT2D eigenvalue weighted by molar-refractivity contribution is 6.32. The van der Waals surface area contributed by atoms with Gasteiger partial charge in [0.1, 0.15) is 18.1 Å². The van der Waals surface area contributed by atoms with E-state index in [2.05, 4.69) is 11.9 Å². The summed E-state index contributed by atoms with van der Waals surface area (Å²) in [6, 6.07) is 12.1. The predicted octanol–water partition coefficient (Wildman–Crippen LogP) is 4.56. The number of carbonyl (C=O) groups excluding carboxylic acids is 1. The molecule has 0 unspecified atom stereocenters. The lowest BCUT2D eigenvalue weighted by Gasteiger charge is -2.10. The molecular formula is C18H18ClNO3. The highest BCUT2D eigenvalue weighted by Crippen LogP contribution is 2.26. The van der Waals surface area contributed by atoms with E-state index < -0.39 is 0 Å². The molecule has 2 aromatic rings. The molecule has 0 atom stereocenters. The zero-order valence-corrected chi connectivity index (χ0v) is 13.6. The third-order valence-corrected chi connectivity index (χ3v) is 3.25. The van der Waals surface area contributed by atoms with Gasteiger partial charge in [0.05, 0.1) is 11.6 Å². The summed E-state index contributed by atoms with van der Waals surface area (Å²) in [5.41, 5.74) is 1.09. The fraction of sp³-hybridized carbons (Fsp3) is 0.167. The van der Waals surface area contributed by atoms with E-state index in [4.69, 9.17) is 21.1 Å². The van der Waals surface area contributed by atoms with Gasteiger partial charge in [-0.05, 0) is 37.3 Å². The Morgan fingerprint density at radius 2 is 2.09 bits per heavy atom. The number of rotatable bonds is 7. The second-order valence-corrected chi connectivity index (χ2v) is 5.07. The number of halogens is 1. The Morgan fingerprint density at radius 1 is 1.26 bits per heavy atom. The molecule has 0 fully saturated rings. The molecule has 120 valence electrons. The van der Waals surface area contributed by atoms with Gasteiger partial charge in [0.15, 0.2) is 0 Å². The lowest BCUT2D eigenvalue weighted by molar-refractivity contribution is 0.102. The maximum atomic E-state index is 12.3. The van der Waals surface area contributed by atoms with E-state index in [0.29, 0.717) is 41.0 Å². The number of benzene rings is 2. The van der Waals surface area contributed by atoms with Crippen LogP contribution in [0.5, 0.6) is 11.5 Å². The summed E-state index contributed by atoms with van der Waals surface area (Å²) < 4.78 is 10.8. The summed E-state index contributed by atoms with van der Waals surface area (Å²) in [6.07, 6.45) is 1.66. The zero-order chi connectivity index (χ0) is 16.7. The molecule has 0 heterocycles. The number of anilines is 1. The summed E-state index contributed by atoms with van der Waals surface area (Å²) in [4.78, 5) is 12.3. The second-order valence-electron chi connectivity index (χ2n) is 4.66. The highest BCUT2D eigenvalue weighted by Gasteiger charge is 2.10. The molecule has 0 radical (unpaired) electrons. The predicted molar refractivity (Wildman–Crippen MR) is 92.7 cm³/mol. The number of ether oxygens (including phenoxy) is 2. The molecule has 5 heteroatoms. The lowest BCUT2D eigenvalue weighted by Crippen LogP contribution is -2.12. The summed E-state index contributed by atoms with van der Waals surface area (Å²) >= 11 is 6.10. The maximum Gasteiger partial charge on any atom is 0.255 e. The molecule has 0 aromatic heterocycles. The quantitative estimate of drug-likeness (QED) is 0.757. The van der Waals surface area contributed by atoms with Crippen LogP contribution in [0.1, 0.15) is 17.3 Å². The van der Waals surface area contributed by atoms with Gasteiger partial charge in [0, 0.05) is 17.3 Å². The van der Waals surface area contributed by atoms with Crippen LogP contribution in [0.3, 0.4) is 0 Å². The standard InChI is InChI=1S/C18H18ClNO3/c1-3-10-23-15-7-5-6-14(12-15)20-18(21)13-8-9-17(22-4-2)16(19)11-13/h3,5-9,11-12H,1,4,10H2,2H3,(H,20,21). The average Bonchev–Trinajstić information content (AvgIpc) is 2.55. The first-order valence-corrected chi connectivity index (χ1v) is 7.59. The van der Waals surface area contributed by atoms with E-state index in [-0.39, 0.29) is 5.91 Å². The van der Waals surface area contributed by atoms with Gasteiger partial charge in [0.25, 0.3) is 5.91 Å². The first-order valence-electron chi connectivity index (χ1n) is 7.21. The number of hydrogen-bond donors (Lipinski definition) is 1. The fourth-order valence-corrected chi connectivity index (χ4v) is 2.17. The Hall–Kier alpha value is -2.46. The van der Waals surface area contributed by atoms with E-state index in [0.717, 1.165) is 0 Å². The average molecular weight is 332 g/mol. The molecule has 4 nitrogen and oxygen atoms in total. The van der Waals surface area contributed by atoms with Gasteiger partial charge in [-0.15, -0.1) is 0 Å². The number of amides is 1. The number of carbonyl (C=O) groups is 1. The van der Waals surface area contributed by atoms with Crippen LogP contribution in [0.25, 0.3) is 0 Å². The fourth-order valence-electron chi connectivity index (χ4n) is 1.94.